The van der Waals surface area contributed by atoms with E-state index in [9.17, 15) is 9.59 Å². The fourth-order valence-corrected chi connectivity index (χ4v) is 6.11. The fourth-order valence-electron chi connectivity index (χ4n) is 6.11. The van der Waals surface area contributed by atoms with E-state index in [1.165, 1.54) is 7.11 Å². The summed E-state index contributed by atoms with van der Waals surface area (Å²) in [5.74, 6) is 0.710. The zero-order chi connectivity index (χ0) is 19.6. The molecule has 4 atom stereocenters. The van der Waals surface area contributed by atoms with Crippen molar-refractivity contribution < 1.29 is 19.1 Å². The number of nitrogens with one attached hydrogen (secondary N) is 1. The molecule has 2 aromatic rings. The predicted octanol–water partition coefficient (Wildman–Crippen LogP) is 2.67. The van der Waals surface area contributed by atoms with Gasteiger partial charge in [-0.3, -0.25) is 14.2 Å². The highest BCUT2D eigenvalue weighted by molar-refractivity contribution is 6.03. The molecule has 1 fully saturated rings. The van der Waals surface area contributed by atoms with E-state index in [4.69, 9.17) is 9.47 Å². The molecule has 0 radical (unpaired) electrons. The second-order valence-corrected chi connectivity index (χ2v) is 8.33. The van der Waals surface area contributed by atoms with Crippen LogP contribution in [0, 0.1) is 11.8 Å². The maximum Gasteiger partial charge on any atom is 0.319 e. The van der Waals surface area contributed by atoms with Crippen LogP contribution in [0.3, 0.4) is 0 Å². The van der Waals surface area contributed by atoms with Gasteiger partial charge in [0.2, 0.25) is 5.91 Å². The van der Waals surface area contributed by atoms with Gasteiger partial charge in [0.1, 0.15) is 11.2 Å². The predicted molar refractivity (Wildman–Crippen MR) is 105 cm³/mol. The van der Waals surface area contributed by atoms with Gasteiger partial charge in [0, 0.05) is 29.1 Å². The van der Waals surface area contributed by atoms with Gasteiger partial charge < -0.3 is 14.8 Å². The Kier molecular flexibility index (Phi) is 3.85. The summed E-state index contributed by atoms with van der Waals surface area (Å²) >= 11 is 0. The normalized spacial score (nSPS) is 30.8. The van der Waals surface area contributed by atoms with Crippen LogP contribution in [-0.4, -0.2) is 43.2 Å². The number of fused-ring (bicyclic) bond motifs is 4. The second-order valence-electron chi connectivity index (χ2n) is 8.33. The molecule has 2 aliphatic heterocycles. The van der Waals surface area contributed by atoms with Gasteiger partial charge in [-0.15, -0.1) is 0 Å². The highest BCUT2D eigenvalue weighted by atomic mass is 16.5. The van der Waals surface area contributed by atoms with Crippen LogP contribution in [0.4, 0.5) is 0 Å². The van der Waals surface area contributed by atoms with Gasteiger partial charge in [-0.25, -0.2) is 0 Å². The molecule has 28 heavy (non-hydrogen) atoms. The van der Waals surface area contributed by atoms with Gasteiger partial charge in [0.05, 0.1) is 19.7 Å². The Bertz CT molecular complexity index is 994. The summed E-state index contributed by atoms with van der Waals surface area (Å²) < 4.78 is 12.6. The van der Waals surface area contributed by atoms with Crippen LogP contribution >= 0.6 is 0 Å². The van der Waals surface area contributed by atoms with E-state index >= 15 is 0 Å². The lowest BCUT2D eigenvalue weighted by Gasteiger charge is -2.51. The van der Waals surface area contributed by atoms with Crippen LogP contribution < -0.4 is 10.1 Å². The summed E-state index contributed by atoms with van der Waals surface area (Å²) in [4.78, 5) is 26.9. The minimum atomic E-state index is -0.815. The minimum Gasteiger partial charge on any atom is -0.497 e. The third-order valence-corrected chi connectivity index (χ3v) is 7.24. The molecule has 3 heterocycles. The van der Waals surface area contributed by atoms with Crippen molar-refractivity contribution in [1.29, 1.82) is 0 Å². The minimum absolute atomic E-state index is 0.0134. The average Bonchev–Trinajstić information content (AvgIpc) is 2.93. The standard InChI is InChI=1S/C22H26N2O4/c1-4-12-9-13-11-22(21(26)28-3)18(12)23-8-7-16-15-6-5-14(27-2)10-17(15)24(19(16)22)20(13)25/h5-6,10,12-13,18,23H,4,7-9,11H2,1-3H3/t12-,13+,18-,22-/m0/s1. The molecule has 1 N–H and O–H groups in total. The first-order valence-electron chi connectivity index (χ1n) is 10.1. The van der Waals surface area contributed by atoms with Crippen molar-refractivity contribution >= 4 is 22.8 Å². The largest absolute Gasteiger partial charge is 0.497 e. The Hall–Kier alpha value is -2.34. The molecule has 3 aliphatic rings. The molecule has 1 aliphatic carbocycles. The maximum absolute atomic E-state index is 13.6. The monoisotopic (exact) mass is 382 g/mol. The zero-order valence-corrected chi connectivity index (χ0v) is 16.6. The van der Waals surface area contributed by atoms with Gasteiger partial charge in [0.15, 0.2) is 0 Å². The first-order chi connectivity index (χ1) is 13.6. The van der Waals surface area contributed by atoms with E-state index in [0.717, 1.165) is 48.0 Å². The van der Waals surface area contributed by atoms with E-state index in [1.54, 1.807) is 7.11 Å². The zero-order valence-electron chi connectivity index (χ0n) is 16.6. The topological polar surface area (TPSA) is 69.6 Å². The number of esters is 1. The van der Waals surface area contributed by atoms with E-state index in [2.05, 4.69) is 12.2 Å². The van der Waals surface area contributed by atoms with Crippen molar-refractivity contribution in [3.05, 3.63) is 29.5 Å². The molecule has 0 amide bonds. The molecule has 5 rings (SSSR count). The van der Waals surface area contributed by atoms with E-state index in [1.807, 2.05) is 22.8 Å². The molecule has 148 valence electrons. The van der Waals surface area contributed by atoms with Crippen LogP contribution in [0.15, 0.2) is 18.2 Å². The number of hydrogen-bond donors (Lipinski definition) is 1. The van der Waals surface area contributed by atoms with Crippen LogP contribution in [0.1, 0.15) is 42.2 Å². The number of ether oxygens (including phenoxy) is 2. The molecule has 0 unspecified atom stereocenters. The van der Waals surface area contributed by atoms with Crippen molar-refractivity contribution in [2.75, 3.05) is 20.8 Å². The smallest absolute Gasteiger partial charge is 0.319 e. The summed E-state index contributed by atoms with van der Waals surface area (Å²) in [5, 5.41) is 4.71. The lowest BCUT2D eigenvalue weighted by molar-refractivity contribution is -0.153. The molecule has 6 heteroatoms. The number of aromatic nitrogens is 1. The fraction of sp³-hybridized carbons (Fsp3) is 0.545. The molecule has 0 saturated heterocycles. The van der Waals surface area contributed by atoms with Crippen LogP contribution in [0.25, 0.3) is 10.9 Å². The Labute approximate surface area is 164 Å². The van der Waals surface area contributed by atoms with E-state index < -0.39 is 5.41 Å². The number of benzene rings is 1. The van der Waals surface area contributed by atoms with Gasteiger partial charge in [-0.2, -0.15) is 0 Å². The number of carbonyl (C=O) groups is 2. The Morgan fingerprint density at radius 2 is 2.18 bits per heavy atom. The number of rotatable bonds is 3. The number of methoxy groups -OCH3 is 2. The Balaban J connectivity index is 1.91. The molecule has 0 spiro atoms. The SMILES string of the molecule is CC[C@H]1C[C@@H]2C[C@@]3(C(=O)OC)c4c(c5ccc(OC)cc5n4C2=O)CCN[C@@H]13. The molecule has 1 aromatic carbocycles. The highest BCUT2D eigenvalue weighted by Gasteiger charge is 2.62. The lowest BCUT2D eigenvalue weighted by atomic mass is 9.57. The van der Waals surface area contributed by atoms with E-state index in [-0.39, 0.29) is 29.8 Å². The van der Waals surface area contributed by atoms with Gasteiger partial charge in [-0.05, 0) is 49.4 Å². The number of carbonyl (C=O) groups excluding carboxylic acids is 2. The molecular formula is C22H26N2O4. The summed E-state index contributed by atoms with van der Waals surface area (Å²) in [6.45, 7) is 2.94. The van der Waals surface area contributed by atoms with E-state index in [0.29, 0.717) is 12.2 Å². The summed E-state index contributed by atoms with van der Waals surface area (Å²) in [6, 6.07) is 5.86. The third-order valence-electron chi connectivity index (χ3n) is 7.24. The quantitative estimate of drug-likeness (QED) is 0.827. The molecule has 1 saturated carbocycles. The highest BCUT2D eigenvalue weighted by Crippen LogP contribution is 2.54. The van der Waals surface area contributed by atoms with Crippen molar-refractivity contribution in [1.82, 2.24) is 9.88 Å². The summed E-state index contributed by atoms with van der Waals surface area (Å²) in [7, 11) is 3.09. The Morgan fingerprint density at radius 3 is 2.89 bits per heavy atom. The van der Waals surface area contributed by atoms with Crippen LogP contribution in [0.2, 0.25) is 0 Å². The van der Waals surface area contributed by atoms with Gasteiger partial charge >= 0.3 is 5.97 Å². The molecule has 6 nitrogen and oxygen atoms in total. The van der Waals surface area contributed by atoms with Gasteiger partial charge in [0.25, 0.3) is 0 Å². The second kappa shape index (κ2) is 6.08. The van der Waals surface area contributed by atoms with Crippen LogP contribution in [0.5, 0.6) is 5.75 Å². The van der Waals surface area contributed by atoms with Crippen molar-refractivity contribution in [2.24, 2.45) is 11.8 Å². The van der Waals surface area contributed by atoms with Crippen molar-refractivity contribution in [3.8, 4) is 5.75 Å². The Morgan fingerprint density at radius 1 is 1.36 bits per heavy atom. The molecule has 2 bridgehead atoms. The van der Waals surface area contributed by atoms with Crippen molar-refractivity contribution in [3.63, 3.8) is 0 Å². The van der Waals surface area contributed by atoms with Crippen molar-refractivity contribution in [2.45, 2.75) is 44.1 Å². The van der Waals surface area contributed by atoms with Crippen LogP contribution in [-0.2, 0) is 21.4 Å². The third kappa shape index (κ3) is 2.01. The first-order valence-corrected chi connectivity index (χ1v) is 10.1. The summed E-state index contributed by atoms with van der Waals surface area (Å²) in [5.41, 5.74) is 1.99. The molecular weight excluding hydrogens is 356 g/mol. The maximum atomic E-state index is 13.6. The first kappa shape index (κ1) is 17.7. The summed E-state index contributed by atoms with van der Waals surface area (Å²) in [6.07, 6.45) is 3.07. The lowest BCUT2D eigenvalue weighted by Crippen LogP contribution is -2.64. The van der Waals surface area contributed by atoms with Gasteiger partial charge in [-0.1, -0.05) is 13.3 Å². The molecule has 1 aromatic heterocycles. The number of nitrogens with zero attached hydrogens (tertiary/aromatic N) is 1. The average molecular weight is 382 g/mol. The number of hydrogen-bond acceptors (Lipinski definition) is 5.